The van der Waals surface area contributed by atoms with Gasteiger partial charge in [-0.3, -0.25) is 4.99 Å². The number of benzene rings is 1. The third-order valence-electron chi connectivity index (χ3n) is 4.13. The summed E-state index contributed by atoms with van der Waals surface area (Å²) in [6.07, 6.45) is -3.69. The number of halogens is 4. The van der Waals surface area contributed by atoms with Crippen LogP contribution in [0.15, 0.2) is 35.3 Å². The van der Waals surface area contributed by atoms with Crippen LogP contribution in [0.25, 0.3) is 0 Å². The largest absolute Gasteiger partial charge is 0.410 e. The molecule has 1 N–H and O–H groups in total. The fraction of sp³-hybridized carbons (Fsp3) is 0.562. The van der Waals surface area contributed by atoms with Crippen LogP contribution in [0.1, 0.15) is 25.0 Å². The highest BCUT2D eigenvalue weighted by molar-refractivity contribution is 14.0. The van der Waals surface area contributed by atoms with Crippen molar-refractivity contribution >= 4 is 29.9 Å². The van der Waals surface area contributed by atoms with Gasteiger partial charge in [-0.25, -0.2) is 0 Å². The minimum atomic E-state index is -4.27. The van der Waals surface area contributed by atoms with Crippen molar-refractivity contribution in [2.75, 3.05) is 19.6 Å². The summed E-state index contributed by atoms with van der Waals surface area (Å²) < 4.78 is 44.3. The summed E-state index contributed by atoms with van der Waals surface area (Å²) in [5, 5.41) is 2.50. The summed E-state index contributed by atoms with van der Waals surface area (Å²) in [6, 6.07) is 8.31. The molecule has 0 bridgehead atoms. The van der Waals surface area contributed by atoms with Crippen LogP contribution >= 0.6 is 24.0 Å². The van der Waals surface area contributed by atoms with Gasteiger partial charge in [0.1, 0.15) is 6.04 Å². The fourth-order valence-corrected chi connectivity index (χ4v) is 2.97. The lowest BCUT2D eigenvalue weighted by Crippen LogP contribution is -2.49. The second kappa shape index (κ2) is 7.90. The maximum Gasteiger partial charge on any atom is 0.410 e. The number of rotatable bonds is 1. The second-order valence-corrected chi connectivity index (χ2v) is 5.98. The predicted octanol–water partition coefficient (Wildman–Crippen LogP) is 3.35. The van der Waals surface area contributed by atoms with Gasteiger partial charge in [0.05, 0.1) is 18.8 Å². The zero-order valence-electron chi connectivity index (χ0n) is 13.3. The van der Waals surface area contributed by atoms with Crippen molar-refractivity contribution in [3.05, 3.63) is 35.9 Å². The maximum atomic E-state index is 12.8. The number of aliphatic imine (C=N–C) groups is 1. The second-order valence-electron chi connectivity index (χ2n) is 5.98. The molecule has 1 fully saturated rings. The maximum absolute atomic E-state index is 12.8. The van der Waals surface area contributed by atoms with Crippen molar-refractivity contribution in [3.63, 3.8) is 0 Å². The summed E-state index contributed by atoms with van der Waals surface area (Å²) in [5.41, 5.74) is 1.09. The third-order valence-corrected chi connectivity index (χ3v) is 4.13. The van der Waals surface area contributed by atoms with Crippen LogP contribution < -0.4 is 5.32 Å². The first-order valence-corrected chi connectivity index (χ1v) is 7.76. The molecular formula is C16H21F3IN3O. The van der Waals surface area contributed by atoms with Gasteiger partial charge in [-0.1, -0.05) is 30.3 Å². The number of nitrogens with one attached hydrogen (secondary N) is 1. The first-order valence-electron chi connectivity index (χ1n) is 7.76. The lowest BCUT2D eigenvalue weighted by Gasteiger charge is -2.25. The van der Waals surface area contributed by atoms with E-state index < -0.39 is 12.2 Å². The van der Waals surface area contributed by atoms with Gasteiger partial charge in [-0.15, -0.1) is 24.0 Å². The fourth-order valence-electron chi connectivity index (χ4n) is 2.97. The predicted molar refractivity (Wildman–Crippen MR) is 96.6 cm³/mol. The Morgan fingerprint density at radius 3 is 2.58 bits per heavy atom. The molecule has 0 aromatic heterocycles. The molecule has 3 unspecified atom stereocenters. The molecule has 1 saturated heterocycles. The van der Waals surface area contributed by atoms with Crippen molar-refractivity contribution < 1.29 is 17.9 Å². The molecule has 3 rings (SSSR count). The van der Waals surface area contributed by atoms with E-state index in [2.05, 4.69) is 10.3 Å². The van der Waals surface area contributed by atoms with Gasteiger partial charge in [0.2, 0.25) is 0 Å². The lowest BCUT2D eigenvalue weighted by molar-refractivity contribution is -0.148. The Balaban J connectivity index is 0.00000208. The topological polar surface area (TPSA) is 36.9 Å². The van der Waals surface area contributed by atoms with E-state index in [1.54, 1.807) is 0 Å². The van der Waals surface area contributed by atoms with Gasteiger partial charge in [0, 0.05) is 13.1 Å². The van der Waals surface area contributed by atoms with Crippen LogP contribution in [-0.4, -0.2) is 48.8 Å². The molecule has 0 radical (unpaired) electrons. The smallest absolute Gasteiger partial charge is 0.369 e. The molecule has 0 saturated carbocycles. The number of guanidine groups is 1. The zero-order valence-corrected chi connectivity index (χ0v) is 15.6. The minimum absolute atomic E-state index is 0. The highest BCUT2D eigenvalue weighted by atomic mass is 127. The quantitative estimate of drug-likeness (QED) is 0.661. The van der Waals surface area contributed by atoms with E-state index >= 15 is 0 Å². The summed E-state index contributed by atoms with van der Waals surface area (Å²) in [6.45, 7) is 2.82. The van der Waals surface area contributed by atoms with Crippen LogP contribution in [0.2, 0.25) is 0 Å². The molecule has 2 aliphatic heterocycles. The first-order chi connectivity index (χ1) is 10.9. The molecule has 2 heterocycles. The van der Waals surface area contributed by atoms with E-state index in [4.69, 9.17) is 4.74 Å². The van der Waals surface area contributed by atoms with Gasteiger partial charge < -0.3 is 15.0 Å². The molecule has 0 spiro atoms. The average Bonchev–Trinajstić information content (AvgIpc) is 2.93. The first kappa shape index (κ1) is 19.3. The third kappa shape index (κ3) is 4.53. The van der Waals surface area contributed by atoms with E-state index in [0.717, 1.165) is 5.56 Å². The normalized spacial score (nSPS) is 27.8. The molecule has 3 atom stereocenters. The van der Waals surface area contributed by atoms with Crippen LogP contribution in [0.3, 0.4) is 0 Å². The molecule has 4 nitrogen and oxygen atoms in total. The molecule has 8 heteroatoms. The molecule has 2 aliphatic rings. The van der Waals surface area contributed by atoms with Crippen molar-refractivity contribution in [2.24, 2.45) is 4.99 Å². The Bertz CT molecular complexity index is 567. The number of nitrogens with zero attached hydrogens (tertiary/aromatic N) is 2. The Labute approximate surface area is 156 Å². The lowest BCUT2D eigenvalue weighted by atomic mass is 10.1. The molecule has 1 aromatic rings. The molecule has 0 aliphatic carbocycles. The van der Waals surface area contributed by atoms with E-state index in [0.29, 0.717) is 25.5 Å². The Hall–Kier alpha value is -1.03. The van der Waals surface area contributed by atoms with Crippen LogP contribution in [-0.2, 0) is 4.74 Å². The molecule has 24 heavy (non-hydrogen) atoms. The zero-order chi connectivity index (χ0) is 16.4. The summed E-state index contributed by atoms with van der Waals surface area (Å²) in [4.78, 5) is 5.90. The number of hydrogen-bond donors (Lipinski definition) is 1. The van der Waals surface area contributed by atoms with Crippen molar-refractivity contribution in [2.45, 2.75) is 37.8 Å². The summed E-state index contributed by atoms with van der Waals surface area (Å²) in [7, 11) is 0. The summed E-state index contributed by atoms with van der Waals surface area (Å²) in [5.74, 6) is 0.330. The molecule has 134 valence electrons. The van der Waals surface area contributed by atoms with Gasteiger partial charge in [-0.05, 0) is 18.9 Å². The molecule has 1 aromatic carbocycles. The van der Waals surface area contributed by atoms with Crippen LogP contribution in [0.4, 0.5) is 13.2 Å². The van der Waals surface area contributed by atoms with E-state index in [-0.39, 0.29) is 42.7 Å². The Morgan fingerprint density at radius 1 is 1.25 bits per heavy atom. The SMILES string of the molecule is CC1CN(C2=NCC(C(F)(F)F)N2)CCC(c2ccccc2)O1.I. The highest BCUT2D eigenvalue weighted by Gasteiger charge is 2.43. The van der Waals surface area contributed by atoms with E-state index in [9.17, 15) is 13.2 Å². The number of alkyl halides is 3. The monoisotopic (exact) mass is 455 g/mol. The Kier molecular flexibility index (Phi) is 6.35. The van der Waals surface area contributed by atoms with Gasteiger partial charge in [0.25, 0.3) is 0 Å². The molecular weight excluding hydrogens is 434 g/mol. The molecule has 0 amide bonds. The van der Waals surface area contributed by atoms with E-state index in [1.807, 2.05) is 42.2 Å². The van der Waals surface area contributed by atoms with Crippen molar-refractivity contribution in [1.82, 2.24) is 10.2 Å². The van der Waals surface area contributed by atoms with Crippen LogP contribution in [0, 0.1) is 0 Å². The minimum Gasteiger partial charge on any atom is -0.369 e. The number of ether oxygens (including phenoxy) is 1. The van der Waals surface area contributed by atoms with Crippen molar-refractivity contribution in [3.8, 4) is 0 Å². The van der Waals surface area contributed by atoms with E-state index in [1.165, 1.54) is 0 Å². The van der Waals surface area contributed by atoms with Gasteiger partial charge in [0.15, 0.2) is 5.96 Å². The van der Waals surface area contributed by atoms with Gasteiger partial charge in [-0.2, -0.15) is 13.2 Å². The van der Waals surface area contributed by atoms with Gasteiger partial charge >= 0.3 is 6.18 Å². The highest BCUT2D eigenvalue weighted by Crippen LogP contribution is 2.27. The Morgan fingerprint density at radius 2 is 1.96 bits per heavy atom. The number of hydrogen-bond acceptors (Lipinski definition) is 4. The average molecular weight is 455 g/mol. The standard InChI is InChI=1S/C16H20F3N3O.HI/c1-11-10-22(15-20-9-14(21-15)16(17,18)19)8-7-13(23-11)12-5-3-2-4-6-12;/h2-6,11,13-14H,7-10H2,1H3,(H,20,21);1H. The summed E-state index contributed by atoms with van der Waals surface area (Å²) >= 11 is 0. The van der Waals surface area contributed by atoms with Crippen molar-refractivity contribution in [1.29, 1.82) is 0 Å². The van der Waals surface area contributed by atoms with Crippen LogP contribution in [0.5, 0.6) is 0 Å².